The van der Waals surface area contributed by atoms with Gasteiger partial charge in [-0.15, -0.1) is 0 Å². The van der Waals surface area contributed by atoms with E-state index in [2.05, 4.69) is 25.9 Å². The second kappa shape index (κ2) is 5.50. The molecule has 6 nitrogen and oxygen atoms in total. The number of aryl methyl sites for hydroxylation is 1. The summed E-state index contributed by atoms with van der Waals surface area (Å²) >= 11 is 8.89. The summed E-state index contributed by atoms with van der Waals surface area (Å²) in [4.78, 5) is 18.0. The van der Waals surface area contributed by atoms with Gasteiger partial charge in [-0.05, 0) is 24.6 Å². The van der Waals surface area contributed by atoms with E-state index in [0.29, 0.717) is 10.2 Å². The van der Waals surface area contributed by atoms with E-state index in [9.17, 15) is 10.1 Å². The van der Waals surface area contributed by atoms with Crippen molar-refractivity contribution in [3.63, 3.8) is 0 Å². The molecule has 1 aromatic heterocycles. The molecule has 2 aromatic rings. The zero-order valence-electron chi connectivity index (χ0n) is 9.63. The Morgan fingerprint density at radius 3 is 2.68 bits per heavy atom. The largest absolute Gasteiger partial charge is 0.439 e. The van der Waals surface area contributed by atoms with Gasteiger partial charge in [-0.25, -0.2) is 4.98 Å². The average Bonchev–Trinajstić information content (AvgIpc) is 2.26. The summed E-state index contributed by atoms with van der Waals surface area (Å²) in [5.74, 6) is 0.514. The van der Waals surface area contributed by atoms with Crippen molar-refractivity contribution in [2.75, 3.05) is 0 Å². The number of nitro groups is 1. The number of aromatic nitrogens is 2. The topological polar surface area (TPSA) is 78.2 Å². The van der Waals surface area contributed by atoms with Gasteiger partial charge in [0.15, 0.2) is 0 Å². The zero-order valence-corrected chi connectivity index (χ0v) is 12.0. The van der Waals surface area contributed by atoms with Crippen LogP contribution in [0, 0.1) is 17.0 Å². The van der Waals surface area contributed by atoms with Gasteiger partial charge >= 0.3 is 0 Å². The number of benzene rings is 1. The van der Waals surface area contributed by atoms with Crippen LogP contribution in [0.2, 0.25) is 5.28 Å². The van der Waals surface area contributed by atoms with Crippen LogP contribution in [0.4, 0.5) is 5.69 Å². The smallest absolute Gasteiger partial charge is 0.274 e. The number of nitrogens with zero attached hydrogens (tertiary/aromatic N) is 3. The van der Waals surface area contributed by atoms with E-state index in [1.54, 1.807) is 19.1 Å². The van der Waals surface area contributed by atoms with Crippen molar-refractivity contribution < 1.29 is 9.66 Å². The van der Waals surface area contributed by atoms with Crippen LogP contribution in [0.25, 0.3) is 0 Å². The maximum Gasteiger partial charge on any atom is 0.274 e. The highest BCUT2D eigenvalue weighted by Gasteiger charge is 2.11. The first-order valence-corrected chi connectivity index (χ1v) is 6.25. The van der Waals surface area contributed by atoms with Crippen molar-refractivity contribution in [2.24, 2.45) is 0 Å². The van der Waals surface area contributed by atoms with Crippen LogP contribution in [0.1, 0.15) is 5.69 Å². The molecule has 1 heterocycles. The van der Waals surface area contributed by atoms with Gasteiger partial charge in [0.1, 0.15) is 5.75 Å². The number of hydrogen-bond acceptors (Lipinski definition) is 5. The van der Waals surface area contributed by atoms with Crippen LogP contribution in [0.5, 0.6) is 11.6 Å². The second-order valence-corrected chi connectivity index (χ2v) is 4.87. The first-order valence-electron chi connectivity index (χ1n) is 5.08. The van der Waals surface area contributed by atoms with Crippen molar-refractivity contribution in [1.82, 2.24) is 9.97 Å². The molecule has 0 spiro atoms. The van der Waals surface area contributed by atoms with Crippen LogP contribution < -0.4 is 4.74 Å². The monoisotopic (exact) mass is 343 g/mol. The fourth-order valence-electron chi connectivity index (χ4n) is 1.39. The molecule has 0 saturated carbocycles. The molecule has 0 unspecified atom stereocenters. The minimum Gasteiger partial charge on any atom is -0.439 e. The Morgan fingerprint density at radius 2 is 2.05 bits per heavy atom. The predicted octanol–water partition coefficient (Wildman–Crippen LogP) is 3.90. The minimum absolute atomic E-state index is 0.0551. The summed E-state index contributed by atoms with van der Waals surface area (Å²) < 4.78 is 5.98. The van der Waals surface area contributed by atoms with Gasteiger partial charge in [0, 0.05) is 22.3 Å². The number of non-ortho nitro benzene ring substituents is 1. The van der Waals surface area contributed by atoms with E-state index in [4.69, 9.17) is 16.3 Å². The van der Waals surface area contributed by atoms with E-state index in [-0.39, 0.29) is 22.6 Å². The number of hydrogen-bond donors (Lipinski definition) is 0. The molecule has 0 aliphatic carbocycles. The lowest BCUT2D eigenvalue weighted by molar-refractivity contribution is -0.385. The Kier molecular flexibility index (Phi) is 3.96. The molecule has 0 amide bonds. The number of ether oxygens (including phenoxy) is 1. The molecule has 2 rings (SSSR count). The highest BCUT2D eigenvalue weighted by molar-refractivity contribution is 9.10. The molecule has 0 radical (unpaired) electrons. The maximum absolute atomic E-state index is 10.7. The molecule has 19 heavy (non-hydrogen) atoms. The van der Waals surface area contributed by atoms with Gasteiger partial charge in [0.25, 0.3) is 5.69 Å². The highest BCUT2D eigenvalue weighted by atomic mass is 79.9. The zero-order chi connectivity index (χ0) is 14.0. The molecular weight excluding hydrogens is 337 g/mol. The predicted molar refractivity (Wildman–Crippen MR) is 72.6 cm³/mol. The van der Waals surface area contributed by atoms with Gasteiger partial charge in [0.2, 0.25) is 11.2 Å². The summed E-state index contributed by atoms with van der Waals surface area (Å²) in [6.45, 7) is 1.74. The normalized spacial score (nSPS) is 10.3. The van der Waals surface area contributed by atoms with Gasteiger partial charge in [-0.1, -0.05) is 15.9 Å². The first kappa shape index (κ1) is 13.7. The summed E-state index contributed by atoms with van der Waals surface area (Å²) in [6.07, 6.45) is 0. The number of halogens is 2. The van der Waals surface area contributed by atoms with Crippen LogP contribution in [0.3, 0.4) is 0 Å². The minimum atomic E-state index is -0.504. The average molecular weight is 345 g/mol. The Bertz CT molecular complexity index is 631. The number of nitro benzene ring substituents is 1. The van der Waals surface area contributed by atoms with Crippen LogP contribution in [0.15, 0.2) is 28.7 Å². The third kappa shape index (κ3) is 3.62. The molecule has 0 N–H and O–H groups in total. The highest BCUT2D eigenvalue weighted by Crippen LogP contribution is 2.29. The van der Waals surface area contributed by atoms with Crippen LogP contribution in [-0.4, -0.2) is 14.9 Å². The van der Waals surface area contributed by atoms with E-state index >= 15 is 0 Å². The Hall–Kier alpha value is -1.73. The molecule has 0 aliphatic heterocycles. The third-order valence-electron chi connectivity index (χ3n) is 2.09. The molecule has 0 bridgehead atoms. The van der Waals surface area contributed by atoms with E-state index in [0.717, 1.165) is 0 Å². The lowest BCUT2D eigenvalue weighted by atomic mass is 10.3. The maximum atomic E-state index is 10.7. The lowest BCUT2D eigenvalue weighted by Crippen LogP contribution is -1.94. The van der Waals surface area contributed by atoms with Crippen molar-refractivity contribution in [1.29, 1.82) is 0 Å². The lowest BCUT2D eigenvalue weighted by Gasteiger charge is -2.06. The summed E-state index contributed by atoms with van der Waals surface area (Å²) in [6, 6.07) is 5.86. The molecule has 0 fully saturated rings. The van der Waals surface area contributed by atoms with E-state index in [1.807, 2.05) is 0 Å². The second-order valence-electron chi connectivity index (χ2n) is 3.62. The van der Waals surface area contributed by atoms with Gasteiger partial charge in [-0.3, -0.25) is 10.1 Å². The Morgan fingerprint density at radius 1 is 1.32 bits per heavy atom. The van der Waals surface area contributed by atoms with Crippen molar-refractivity contribution in [3.8, 4) is 11.6 Å². The van der Waals surface area contributed by atoms with Crippen molar-refractivity contribution in [2.45, 2.75) is 6.92 Å². The molecule has 0 saturated heterocycles. The van der Waals surface area contributed by atoms with Gasteiger partial charge < -0.3 is 4.74 Å². The first-order chi connectivity index (χ1) is 8.94. The molecular formula is C11H7BrClN3O3. The van der Waals surface area contributed by atoms with Gasteiger partial charge in [0.05, 0.1) is 11.0 Å². The molecule has 0 atom stereocenters. The van der Waals surface area contributed by atoms with Gasteiger partial charge in [-0.2, -0.15) is 4.98 Å². The quantitative estimate of drug-likeness (QED) is 0.479. The van der Waals surface area contributed by atoms with Crippen LogP contribution in [-0.2, 0) is 0 Å². The van der Waals surface area contributed by atoms with E-state index < -0.39 is 4.92 Å². The third-order valence-corrected chi connectivity index (χ3v) is 2.72. The fourth-order valence-corrected chi connectivity index (χ4v) is 2.07. The van der Waals surface area contributed by atoms with Crippen LogP contribution >= 0.6 is 27.5 Å². The summed E-state index contributed by atoms with van der Waals surface area (Å²) in [5.41, 5.74) is 0.556. The Balaban J connectivity index is 2.35. The molecule has 0 aliphatic rings. The molecule has 98 valence electrons. The summed E-state index contributed by atoms with van der Waals surface area (Å²) in [7, 11) is 0. The molecule has 1 aromatic carbocycles. The molecule has 8 heteroatoms. The Labute approximate surface area is 121 Å². The van der Waals surface area contributed by atoms with Crippen molar-refractivity contribution in [3.05, 3.63) is 49.8 Å². The SMILES string of the molecule is Cc1cc(Oc2cc(Br)cc([N+](=O)[O-])c2)nc(Cl)n1. The van der Waals surface area contributed by atoms with E-state index in [1.165, 1.54) is 12.1 Å². The standard InChI is InChI=1S/C11H7BrClN3O3/c1-6-2-10(15-11(13)14-6)19-9-4-7(12)3-8(5-9)16(17)18/h2-5H,1H3. The fraction of sp³-hybridized carbons (Fsp3) is 0.0909. The number of rotatable bonds is 3. The van der Waals surface area contributed by atoms with Crippen molar-refractivity contribution >= 4 is 33.2 Å². The summed E-state index contributed by atoms with van der Waals surface area (Å²) in [5, 5.41) is 10.8.